The van der Waals surface area contributed by atoms with E-state index in [2.05, 4.69) is 49.4 Å². The van der Waals surface area contributed by atoms with Gasteiger partial charge in [-0.3, -0.25) is 0 Å². The summed E-state index contributed by atoms with van der Waals surface area (Å²) in [5, 5.41) is 5.92. The minimum Gasteiger partial charge on any atom is -0.123 e. The molecule has 0 aliphatic rings. The van der Waals surface area contributed by atoms with Gasteiger partial charge < -0.3 is 0 Å². The molecule has 0 saturated heterocycles. The first-order valence-corrected chi connectivity index (χ1v) is 5.82. The first-order chi connectivity index (χ1) is 6.86. The van der Waals surface area contributed by atoms with E-state index < -0.39 is 0 Å². The predicted molar refractivity (Wildman–Crippen MR) is 65.7 cm³/mol. The summed E-state index contributed by atoms with van der Waals surface area (Å²) in [7, 11) is 0.847. The maximum absolute atomic E-state index is 2.25. The van der Waals surface area contributed by atoms with Gasteiger partial charge in [0.2, 0.25) is 0 Å². The topological polar surface area (TPSA) is 0 Å². The van der Waals surface area contributed by atoms with Crippen LogP contribution in [-0.4, -0.2) is 0 Å². The number of hydrogen-bond donors (Lipinski definition) is 0. The van der Waals surface area contributed by atoms with Crippen molar-refractivity contribution in [2.24, 2.45) is 0 Å². The Morgan fingerprint density at radius 1 is 0.857 bits per heavy atom. The van der Waals surface area contributed by atoms with Gasteiger partial charge in [-0.25, -0.2) is 0 Å². The standard InChI is InChI=1S/C13H11P/c1-9-5-4-8-12-13(9)10-6-2-3-7-11(10)14-12/h2-8,14H,1H3. The van der Waals surface area contributed by atoms with Crippen molar-refractivity contribution >= 4 is 29.2 Å². The third kappa shape index (κ3) is 1.01. The van der Waals surface area contributed by atoms with Gasteiger partial charge in [-0.15, -0.1) is 8.19 Å². The maximum Gasteiger partial charge on any atom is -0.000337 e. The zero-order valence-corrected chi connectivity index (χ0v) is 9.04. The number of benzene rings is 2. The molecule has 0 spiro atoms. The van der Waals surface area contributed by atoms with Gasteiger partial charge in [0.05, 0.1) is 0 Å². The Bertz CT molecular complexity index is 605. The van der Waals surface area contributed by atoms with Crippen LogP contribution in [0, 0.1) is 6.92 Å². The summed E-state index contributed by atoms with van der Waals surface area (Å²) in [5.41, 5.74) is 1.40. The van der Waals surface area contributed by atoms with Crippen molar-refractivity contribution in [1.82, 2.24) is 0 Å². The van der Waals surface area contributed by atoms with E-state index in [1.54, 1.807) is 0 Å². The van der Waals surface area contributed by atoms with Crippen molar-refractivity contribution in [1.29, 1.82) is 0 Å². The molecule has 0 radical (unpaired) electrons. The van der Waals surface area contributed by atoms with Crippen molar-refractivity contribution in [3.63, 3.8) is 0 Å². The normalized spacial score (nSPS) is 11.8. The van der Waals surface area contributed by atoms with Gasteiger partial charge in [0.25, 0.3) is 0 Å². The van der Waals surface area contributed by atoms with Crippen LogP contribution in [0.1, 0.15) is 5.56 Å². The van der Waals surface area contributed by atoms with Crippen molar-refractivity contribution in [2.45, 2.75) is 6.92 Å². The molecule has 0 fully saturated rings. The molecule has 0 aliphatic carbocycles. The molecule has 0 saturated carbocycles. The van der Waals surface area contributed by atoms with Crippen LogP contribution in [0.5, 0.6) is 0 Å². The van der Waals surface area contributed by atoms with E-state index >= 15 is 0 Å². The Morgan fingerprint density at radius 3 is 2.57 bits per heavy atom. The molecule has 0 amide bonds. The molecule has 2 aromatic carbocycles. The van der Waals surface area contributed by atoms with Crippen molar-refractivity contribution in [2.75, 3.05) is 0 Å². The highest BCUT2D eigenvalue weighted by atomic mass is 31.0. The first kappa shape index (κ1) is 8.08. The molecule has 3 rings (SSSR count). The number of hydrogen-bond acceptors (Lipinski definition) is 0. The van der Waals surface area contributed by atoms with Gasteiger partial charge in [-0.1, -0.05) is 42.5 Å². The third-order valence-corrected chi connectivity index (χ3v) is 4.13. The van der Waals surface area contributed by atoms with Crippen LogP contribution in [0.3, 0.4) is 0 Å². The lowest BCUT2D eigenvalue weighted by Gasteiger charge is -1.96. The highest BCUT2D eigenvalue weighted by Gasteiger charge is 2.03. The number of fused-ring (bicyclic) bond motifs is 3. The summed E-state index contributed by atoms with van der Waals surface area (Å²) < 4.78 is 0. The van der Waals surface area contributed by atoms with Crippen LogP contribution in [0.4, 0.5) is 0 Å². The molecule has 1 unspecified atom stereocenters. The van der Waals surface area contributed by atoms with Gasteiger partial charge in [-0.05, 0) is 33.5 Å². The lowest BCUT2D eigenvalue weighted by molar-refractivity contribution is 1.55. The lowest BCUT2D eigenvalue weighted by Crippen LogP contribution is -1.71. The highest BCUT2D eigenvalue weighted by Crippen LogP contribution is 2.38. The average Bonchev–Trinajstić information content (AvgIpc) is 2.57. The van der Waals surface area contributed by atoms with Gasteiger partial charge in [-0.2, -0.15) is 0 Å². The fraction of sp³-hybridized carbons (Fsp3) is 0.0769. The fourth-order valence-corrected chi connectivity index (χ4v) is 3.53. The van der Waals surface area contributed by atoms with Crippen LogP contribution in [-0.2, 0) is 0 Å². The molecule has 0 nitrogen and oxygen atoms in total. The Balaban J connectivity index is 2.65. The average molecular weight is 198 g/mol. The number of aryl methyl sites for hydroxylation is 1. The van der Waals surface area contributed by atoms with Crippen LogP contribution < -0.4 is 0 Å². The van der Waals surface area contributed by atoms with Crippen molar-refractivity contribution < 1.29 is 0 Å². The first-order valence-electron chi connectivity index (χ1n) is 4.82. The zero-order chi connectivity index (χ0) is 9.54. The van der Waals surface area contributed by atoms with E-state index in [9.17, 15) is 0 Å². The second-order valence-electron chi connectivity index (χ2n) is 3.67. The molecule has 0 N–H and O–H groups in total. The van der Waals surface area contributed by atoms with E-state index in [1.807, 2.05) is 0 Å². The number of rotatable bonds is 0. The second-order valence-corrected chi connectivity index (χ2v) is 5.00. The van der Waals surface area contributed by atoms with E-state index in [1.165, 1.54) is 26.6 Å². The Morgan fingerprint density at radius 2 is 1.64 bits per heavy atom. The molecule has 0 aliphatic heterocycles. The second kappa shape index (κ2) is 2.87. The third-order valence-electron chi connectivity index (χ3n) is 2.74. The molecule has 1 atom stereocenters. The van der Waals surface area contributed by atoms with Crippen LogP contribution in [0.15, 0.2) is 42.5 Å². The summed E-state index contributed by atoms with van der Waals surface area (Å²) in [5.74, 6) is 0. The summed E-state index contributed by atoms with van der Waals surface area (Å²) in [4.78, 5) is 0. The predicted octanol–water partition coefficient (Wildman–Crippen LogP) is 4.33. The van der Waals surface area contributed by atoms with Crippen molar-refractivity contribution in [3.8, 4) is 0 Å². The lowest BCUT2D eigenvalue weighted by atomic mass is 10.1. The Kier molecular flexibility index (Phi) is 1.65. The van der Waals surface area contributed by atoms with E-state index in [0.29, 0.717) is 0 Å². The summed E-state index contributed by atoms with van der Waals surface area (Å²) in [6.07, 6.45) is 0. The highest BCUT2D eigenvalue weighted by molar-refractivity contribution is 7.43. The Labute approximate surface area is 84.6 Å². The van der Waals surface area contributed by atoms with E-state index in [0.717, 1.165) is 8.19 Å². The molecule has 1 heterocycles. The fourth-order valence-electron chi connectivity index (χ4n) is 2.08. The molecule has 1 heteroatoms. The van der Waals surface area contributed by atoms with Crippen LogP contribution >= 0.6 is 8.19 Å². The molecule has 1 aromatic heterocycles. The van der Waals surface area contributed by atoms with Gasteiger partial charge in [0.1, 0.15) is 0 Å². The molecule has 14 heavy (non-hydrogen) atoms. The maximum atomic E-state index is 2.25. The SMILES string of the molecule is Cc1cccc2[pH]c3ccccc3c12. The van der Waals surface area contributed by atoms with Crippen LogP contribution in [0.2, 0.25) is 0 Å². The Hall–Kier alpha value is -1.26. The van der Waals surface area contributed by atoms with E-state index in [4.69, 9.17) is 0 Å². The molecular weight excluding hydrogens is 187 g/mol. The summed E-state index contributed by atoms with van der Waals surface area (Å²) in [6, 6.07) is 15.4. The van der Waals surface area contributed by atoms with Crippen LogP contribution in [0.25, 0.3) is 21.0 Å². The summed E-state index contributed by atoms with van der Waals surface area (Å²) >= 11 is 0. The molecule has 68 valence electrons. The summed E-state index contributed by atoms with van der Waals surface area (Å²) in [6.45, 7) is 2.20. The molecule has 0 bridgehead atoms. The van der Waals surface area contributed by atoms with E-state index in [-0.39, 0.29) is 0 Å². The smallest absolute Gasteiger partial charge is 0.000337 e. The quantitative estimate of drug-likeness (QED) is 0.504. The zero-order valence-electron chi connectivity index (χ0n) is 8.04. The minimum atomic E-state index is 0.847. The van der Waals surface area contributed by atoms with Gasteiger partial charge in [0, 0.05) is 0 Å². The largest absolute Gasteiger partial charge is 0.123 e. The van der Waals surface area contributed by atoms with Gasteiger partial charge in [0.15, 0.2) is 0 Å². The minimum absolute atomic E-state index is 0.847. The molecular formula is C13H11P. The van der Waals surface area contributed by atoms with Crippen molar-refractivity contribution in [3.05, 3.63) is 48.0 Å². The molecule has 3 aromatic rings. The monoisotopic (exact) mass is 198 g/mol. The van der Waals surface area contributed by atoms with Gasteiger partial charge >= 0.3 is 0 Å².